The Morgan fingerprint density at radius 2 is 1.67 bits per heavy atom. The Morgan fingerprint density at radius 3 is 2.20 bits per heavy atom. The number of methoxy groups -OCH3 is 2. The normalized spacial score (nSPS) is 22.8. The fourth-order valence-corrected chi connectivity index (χ4v) is 1.16. The topological polar surface area (TPSA) is 78.9 Å². The molecule has 0 aromatic carbocycles. The van der Waals surface area contributed by atoms with Crippen molar-refractivity contribution in [2.45, 2.75) is 6.42 Å². The average molecular weight is 216 g/mol. The van der Waals surface area contributed by atoms with Crippen LogP contribution in [0.3, 0.4) is 0 Å². The van der Waals surface area contributed by atoms with Gasteiger partial charge < -0.3 is 14.2 Å². The summed E-state index contributed by atoms with van der Waals surface area (Å²) in [6, 6.07) is 0. The van der Waals surface area contributed by atoms with Crippen molar-refractivity contribution in [1.82, 2.24) is 0 Å². The Kier molecular flexibility index (Phi) is 3.65. The van der Waals surface area contributed by atoms with Crippen LogP contribution >= 0.6 is 0 Å². The number of ether oxygens (including phenoxy) is 3. The molecule has 0 aliphatic heterocycles. The van der Waals surface area contributed by atoms with Crippen LogP contribution in [0.25, 0.3) is 0 Å². The smallest absolute Gasteiger partial charge is 0.344 e. The first kappa shape index (κ1) is 11.5. The molecule has 0 saturated heterocycles. The van der Waals surface area contributed by atoms with Crippen LogP contribution in [0.4, 0.5) is 0 Å². The molecule has 1 aliphatic rings. The summed E-state index contributed by atoms with van der Waals surface area (Å²) in [6.07, 6.45) is 0.423. The molecule has 0 radical (unpaired) electrons. The lowest BCUT2D eigenvalue weighted by Gasteiger charge is -2.02. The van der Waals surface area contributed by atoms with Gasteiger partial charge in [0.05, 0.1) is 26.1 Å². The van der Waals surface area contributed by atoms with Gasteiger partial charge in [-0.15, -0.1) is 0 Å². The largest absolute Gasteiger partial charge is 0.469 e. The number of hydrogen-bond acceptors (Lipinski definition) is 6. The summed E-state index contributed by atoms with van der Waals surface area (Å²) in [5, 5.41) is 0. The molecule has 0 bridgehead atoms. The Balaban J connectivity index is 2.26. The lowest BCUT2D eigenvalue weighted by molar-refractivity contribution is -0.158. The highest BCUT2D eigenvalue weighted by atomic mass is 16.6. The van der Waals surface area contributed by atoms with E-state index in [0.717, 1.165) is 0 Å². The van der Waals surface area contributed by atoms with E-state index in [4.69, 9.17) is 0 Å². The minimum atomic E-state index is -0.626. The van der Waals surface area contributed by atoms with E-state index in [-0.39, 0.29) is 0 Å². The van der Waals surface area contributed by atoms with Gasteiger partial charge in [-0.3, -0.25) is 9.59 Å². The highest BCUT2D eigenvalue weighted by molar-refractivity contribution is 5.88. The minimum absolute atomic E-state index is 0.417. The van der Waals surface area contributed by atoms with Crippen LogP contribution in [0.15, 0.2) is 0 Å². The third kappa shape index (κ3) is 2.93. The summed E-state index contributed by atoms with van der Waals surface area (Å²) in [6.45, 7) is -0.417. The maximum Gasteiger partial charge on any atom is 0.344 e. The highest BCUT2D eigenvalue weighted by Crippen LogP contribution is 2.40. The van der Waals surface area contributed by atoms with Crippen molar-refractivity contribution in [1.29, 1.82) is 0 Å². The van der Waals surface area contributed by atoms with E-state index in [1.54, 1.807) is 0 Å². The van der Waals surface area contributed by atoms with E-state index >= 15 is 0 Å². The Labute approximate surface area is 86.5 Å². The van der Waals surface area contributed by atoms with Crippen molar-refractivity contribution in [3.05, 3.63) is 0 Å². The second-order valence-electron chi connectivity index (χ2n) is 3.16. The molecule has 6 nitrogen and oxygen atoms in total. The Morgan fingerprint density at radius 1 is 1.07 bits per heavy atom. The molecule has 84 valence electrons. The van der Waals surface area contributed by atoms with Gasteiger partial charge in [0, 0.05) is 0 Å². The summed E-state index contributed by atoms with van der Waals surface area (Å²) >= 11 is 0. The van der Waals surface area contributed by atoms with Gasteiger partial charge in [-0.1, -0.05) is 0 Å². The molecule has 0 aromatic heterocycles. The number of carbonyl (C=O) groups excluding carboxylic acids is 3. The van der Waals surface area contributed by atoms with Crippen LogP contribution in [0.2, 0.25) is 0 Å². The van der Waals surface area contributed by atoms with Crippen LogP contribution in [0, 0.1) is 11.8 Å². The van der Waals surface area contributed by atoms with Crippen molar-refractivity contribution >= 4 is 17.9 Å². The summed E-state index contributed by atoms with van der Waals surface area (Å²) in [5.74, 6) is -2.49. The predicted octanol–water partition coefficient (Wildman–Crippen LogP) is -0.488. The molecule has 0 N–H and O–H groups in total. The Hall–Kier alpha value is -1.59. The zero-order chi connectivity index (χ0) is 11.4. The van der Waals surface area contributed by atoms with E-state index in [9.17, 15) is 14.4 Å². The molecule has 0 spiro atoms. The molecule has 2 atom stereocenters. The monoisotopic (exact) mass is 216 g/mol. The van der Waals surface area contributed by atoms with Crippen LogP contribution < -0.4 is 0 Å². The third-order valence-electron chi connectivity index (χ3n) is 2.16. The third-order valence-corrected chi connectivity index (χ3v) is 2.16. The van der Waals surface area contributed by atoms with Crippen molar-refractivity contribution in [2.75, 3.05) is 20.8 Å². The molecule has 1 rings (SSSR count). The van der Waals surface area contributed by atoms with E-state index in [2.05, 4.69) is 14.2 Å². The van der Waals surface area contributed by atoms with E-state index in [1.807, 2.05) is 0 Å². The lowest BCUT2D eigenvalue weighted by Crippen LogP contribution is -2.18. The summed E-state index contributed by atoms with van der Waals surface area (Å²) < 4.78 is 13.4. The summed E-state index contributed by atoms with van der Waals surface area (Å²) in [4.78, 5) is 32.8. The van der Waals surface area contributed by atoms with E-state index < -0.39 is 36.4 Å². The first-order chi connectivity index (χ1) is 7.10. The molecule has 1 fully saturated rings. The van der Waals surface area contributed by atoms with Gasteiger partial charge in [0.1, 0.15) is 0 Å². The van der Waals surface area contributed by atoms with Gasteiger partial charge in [-0.25, -0.2) is 4.79 Å². The lowest BCUT2D eigenvalue weighted by atomic mass is 10.3. The molecular weight excluding hydrogens is 204 g/mol. The van der Waals surface area contributed by atoms with Gasteiger partial charge in [-0.05, 0) is 6.42 Å². The van der Waals surface area contributed by atoms with Crippen LogP contribution in [0.1, 0.15) is 6.42 Å². The fraction of sp³-hybridized carbons (Fsp3) is 0.667. The van der Waals surface area contributed by atoms with Gasteiger partial charge in [-0.2, -0.15) is 0 Å². The molecule has 6 heteroatoms. The quantitative estimate of drug-likeness (QED) is 0.466. The van der Waals surface area contributed by atoms with Crippen molar-refractivity contribution in [3.8, 4) is 0 Å². The molecule has 1 saturated carbocycles. The van der Waals surface area contributed by atoms with E-state index in [1.165, 1.54) is 14.2 Å². The predicted molar refractivity (Wildman–Crippen MR) is 46.6 cm³/mol. The maximum absolute atomic E-state index is 11.2. The van der Waals surface area contributed by atoms with Crippen molar-refractivity contribution in [3.63, 3.8) is 0 Å². The number of rotatable bonds is 4. The minimum Gasteiger partial charge on any atom is -0.469 e. The van der Waals surface area contributed by atoms with Crippen LogP contribution in [-0.2, 0) is 28.6 Å². The zero-order valence-corrected chi connectivity index (χ0v) is 8.52. The van der Waals surface area contributed by atoms with E-state index in [0.29, 0.717) is 6.42 Å². The molecule has 0 aromatic rings. The molecular formula is C9H12O6. The molecule has 15 heavy (non-hydrogen) atoms. The fourth-order valence-electron chi connectivity index (χ4n) is 1.16. The molecule has 0 unspecified atom stereocenters. The standard InChI is InChI=1S/C9H12O6/c1-13-7(10)4-15-9(12)6-3-5(6)8(11)14-2/h5-6H,3-4H2,1-2H3/t5-,6-/m1/s1. The maximum atomic E-state index is 11.2. The van der Waals surface area contributed by atoms with Gasteiger partial charge in [0.2, 0.25) is 0 Å². The first-order valence-corrected chi connectivity index (χ1v) is 4.41. The SMILES string of the molecule is COC(=O)COC(=O)[C@@H]1C[C@H]1C(=O)OC. The van der Waals surface area contributed by atoms with Gasteiger partial charge in [0.25, 0.3) is 0 Å². The first-order valence-electron chi connectivity index (χ1n) is 4.41. The van der Waals surface area contributed by atoms with Gasteiger partial charge >= 0.3 is 17.9 Å². The molecule has 1 aliphatic carbocycles. The molecule has 0 heterocycles. The second kappa shape index (κ2) is 4.77. The van der Waals surface area contributed by atoms with Crippen LogP contribution in [-0.4, -0.2) is 38.7 Å². The number of carbonyl (C=O) groups is 3. The van der Waals surface area contributed by atoms with Gasteiger partial charge in [0.15, 0.2) is 6.61 Å². The average Bonchev–Trinajstić information content (AvgIpc) is 3.04. The Bertz CT molecular complexity index is 284. The highest BCUT2D eigenvalue weighted by Gasteiger charge is 2.50. The second-order valence-corrected chi connectivity index (χ2v) is 3.16. The number of esters is 3. The van der Waals surface area contributed by atoms with Crippen molar-refractivity contribution in [2.24, 2.45) is 11.8 Å². The van der Waals surface area contributed by atoms with Crippen LogP contribution in [0.5, 0.6) is 0 Å². The molecule has 0 amide bonds. The summed E-state index contributed by atoms with van der Waals surface area (Å²) in [5.41, 5.74) is 0. The zero-order valence-electron chi connectivity index (χ0n) is 8.52. The number of hydrogen-bond donors (Lipinski definition) is 0. The van der Waals surface area contributed by atoms with Crippen molar-refractivity contribution < 1.29 is 28.6 Å². The summed E-state index contributed by atoms with van der Waals surface area (Å²) in [7, 11) is 2.46.